The number of hydrogen-bond acceptors (Lipinski definition) is 6. The van der Waals surface area contributed by atoms with Crippen LogP contribution in [0.3, 0.4) is 0 Å². The normalized spacial score (nSPS) is 10.8. The summed E-state index contributed by atoms with van der Waals surface area (Å²) < 4.78 is 1.75. The molecule has 0 bridgehead atoms. The van der Waals surface area contributed by atoms with Gasteiger partial charge in [-0.1, -0.05) is 12.1 Å². The van der Waals surface area contributed by atoms with Gasteiger partial charge in [-0.3, -0.25) is 14.3 Å². The van der Waals surface area contributed by atoms with Crippen LogP contribution in [0.5, 0.6) is 0 Å². The lowest BCUT2D eigenvalue weighted by atomic mass is 10.3. The van der Waals surface area contributed by atoms with Crippen molar-refractivity contribution in [2.45, 2.75) is 6.92 Å². The number of aromatic nitrogens is 6. The minimum Gasteiger partial charge on any atom is -0.318 e. The number of aryl methyl sites for hydroxylation is 1. The summed E-state index contributed by atoms with van der Waals surface area (Å²) >= 11 is 0. The molecule has 0 saturated carbocycles. The highest BCUT2D eigenvalue weighted by molar-refractivity contribution is 6.03. The summed E-state index contributed by atoms with van der Waals surface area (Å²) in [6, 6.07) is 7.38. The minimum atomic E-state index is -0.367. The molecule has 0 radical (unpaired) electrons. The molecular formula is C17H13N7O. The molecule has 1 N–H and O–H groups in total. The van der Waals surface area contributed by atoms with Crippen LogP contribution >= 0.6 is 0 Å². The van der Waals surface area contributed by atoms with Gasteiger partial charge in [0.2, 0.25) is 5.95 Å². The van der Waals surface area contributed by atoms with E-state index in [2.05, 4.69) is 30.2 Å². The predicted molar refractivity (Wildman–Crippen MR) is 91.4 cm³/mol. The Morgan fingerprint density at radius 2 is 1.76 bits per heavy atom. The summed E-state index contributed by atoms with van der Waals surface area (Å²) in [5, 5.41) is 2.72. The number of hydrogen-bond donors (Lipinski definition) is 1. The Balaban J connectivity index is 1.54. The summed E-state index contributed by atoms with van der Waals surface area (Å²) in [6.45, 7) is 1.86. The van der Waals surface area contributed by atoms with Crippen molar-refractivity contribution in [3.05, 3.63) is 66.8 Å². The first-order valence-corrected chi connectivity index (χ1v) is 7.56. The first-order chi connectivity index (χ1) is 12.2. The van der Waals surface area contributed by atoms with Crippen LogP contribution in [0.25, 0.3) is 17.0 Å². The molecule has 3 aromatic heterocycles. The summed E-state index contributed by atoms with van der Waals surface area (Å²) in [6.07, 6.45) is 7.96. The first kappa shape index (κ1) is 14.9. The topological polar surface area (TPSA) is 98.5 Å². The van der Waals surface area contributed by atoms with Crippen molar-refractivity contribution in [1.29, 1.82) is 0 Å². The van der Waals surface area contributed by atoms with E-state index < -0.39 is 0 Å². The molecule has 4 aromatic rings. The van der Waals surface area contributed by atoms with Gasteiger partial charge in [-0.15, -0.1) is 0 Å². The Kier molecular flexibility index (Phi) is 3.62. The number of imidazole rings is 1. The Morgan fingerprint density at radius 3 is 2.48 bits per heavy atom. The van der Waals surface area contributed by atoms with Gasteiger partial charge in [0.1, 0.15) is 11.5 Å². The van der Waals surface area contributed by atoms with E-state index in [-0.39, 0.29) is 11.6 Å². The van der Waals surface area contributed by atoms with Gasteiger partial charge in [0.15, 0.2) is 0 Å². The molecule has 0 saturated heterocycles. The van der Waals surface area contributed by atoms with Crippen LogP contribution in [0.4, 0.5) is 5.69 Å². The SMILES string of the molecule is Cc1nccn1-c1ncc(NC(=O)c2cnc3ccccc3n2)cn1. The van der Waals surface area contributed by atoms with E-state index in [0.717, 1.165) is 11.3 Å². The van der Waals surface area contributed by atoms with Crippen LogP contribution in [-0.2, 0) is 0 Å². The first-order valence-electron chi connectivity index (χ1n) is 7.56. The molecule has 1 amide bonds. The van der Waals surface area contributed by atoms with Crippen molar-refractivity contribution in [1.82, 2.24) is 29.5 Å². The largest absolute Gasteiger partial charge is 0.318 e. The highest BCUT2D eigenvalue weighted by Crippen LogP contribution is 2.11. The van der Waals surface area contributed by atoms with Crippen molar-refractivity contribution in [2.75, 3.05) is 5.32 Å². The fourth-order valence-electron chi connectivity index (χ4n) is 2.36. The molecule has 3 heterocycles. The average molecular weight is 331 g/mol. The fraction of sp³-hybridized carbons (Fsp3) is 0.0588. The monoisotopic (exact) mass is 331 g/mol. The molecule has 0 unspecified atom stereocenters. The summed E-state index contributed by atoms with van der Waals surface area (Å²) in [4.78, 5) is 33.5. The van der Waals surface area contributed by atoms with Crippen LogP contribution in [0.1, 0.15) is 16.3 Å². The van der Waals surface area contributed by atoms with Crippen molar-refractivity contribution in [3.63, 3.8) is 0 Å². The Hall–Kier alpha value is -3.68. The zero-order valence-corrected chi connectivity index (χ0v) is 13.3. The standard InChI is InChI=1S/C17H13N7O/c1-11-18-6-7-24(11)17-20-8-12(9-21-17)22-16(25)15-10-19-13-4-2-3-5-14(13)23-15/h2-10H,1H3,(H,22,25). The van der Waals surface area contributed by atoms with Crippen LogP contribution in [-0.4, -0.2) is 35.4 Å². The van der Waals surface area contributed by atoms with Crippen LogP contribution in [0, 0.1) is 6.92 Å². The lowest BCUT2D eigenvalue weighted by Crippen LogP contribution is -2.15. The van der Waals surface area contributed by atoms with Gasteiger partial charge in [-0.05, 0) is 19.1 Å². The molecular weight excluding hydrogens is 318 g/mol. The number of para-hydroxylation sites is 2. The Bertz CT molecular complexity index is 1060. The van der Waals surface area contributed by atoms with Gasteiger partial charge >= 0.3 is 0 Å². The number of carbonyl (C=O) groups excluding carboxylic acids is 1. The zero-order valence-electron chi connectivity index (χ0n) is 13.3. The fourth-order valence-corrected chi connectivity index (χ4v) is 2.36. The Labute approximate surface area is 142 Å². The van der Waals surface area contributed by atoms with Crippen LogP contribution < -0.4 is 5.32 Å². The second kappa shape index (κ2) is 6.08. The third-order valence-corrected chi connectivity index (χ3v) is 3.62. The van der Waals surface area contributed by atoms with E-state index in [1.165, 1.54) is 18.6 Å². The van der Waals surface area contributed by atoms with Crippen LogP contribution in [0.15, 0.2) is 55.2 Å². The second-order valence-corrected chi connectivity index (χ2v) is 5.31. The number of anilines is 1. The molecule has 0 aliphatic carbocycles. The van der Waals surface area contributed by atoms with E-state index in [1.807, 2.05) is 31.2 Å². The van der Waals surface area contributed by atoms with Crippen molar-refractivity contribution >= 4 is 22.6 Å². The van der Waals surface area contributed by atoms with Crippen molar-refractivity contribution < 1.29 is 4.79 Å². The molecule has 0 aliphatic heterocycles. The van der Waals surface area contributed by atoms with Gasteiger partial charge in [0.25, 0.3) is 5.91 Å². The molecule has 0 spiro atoms. The van der Waals surface area contributed by atoms with Gasteiger partial charge in [-0.25, -0.2) is 19.9 Å². The third kappa shape index (κ3) is 2.92. The van der Waals surface area contributed by atoms with E-state index in [0.29, 0.717) is 17.2 Å². The maximum Gasteiger partial charge on any atom is 0.275 e. The molecule has 0 fully saturated rings. The smallest absolute Gasteiger partial charge is 0.275 e. The Morgan fingerprint density at radius 1 is 1.00 bits per heavy atom. The van der Waals surface area contributed by atoms with Gasteiger partial charge in [-0.2, -0.15) is 0 Å². The molecule has 8 nitrogen and oxygen atoms in total. The minimum absolute atomic E-state index is 0.230. The average Bonchev–Trinajstić information content (AvgIpc) is 3.08. The van der Waals surface area contributed by atoms with E-state index in [4.69, 9.17) is 0 Å². The van der Waals surface area contributed by atoms with Gasteiger partial charge in [0, 0.05) is 12.4 Å². The molecule has 0 aliphatic rings. The van der Waals surface area contributed by atoms with E-state index in [9.17, 15) is 4.79 Å². The third-order valence-electron chi connectivity index (χ3n) is 3.62. The molecule has 8 heteroatoms. The summed E-state index contributed by atoms with van der Waals surface area (Å²) in [5.74, 6) is 0.898. The highest BCUT2D eigenvalue weighted by atomic mass is 16.1. The molecule has 25 heavy (non-hydrogen) atoms. The number of amides is 1. The molecule has 0 atom stereocenters. The molecule has 1 aromatic carbocycles. The molecule has 122 valence electrons. The number of benzene rings is 1. The summed E-state index contributed by atoms with van der Waals surface area (Å²) in [7, 11) is 0. The van der Waals surface area contributed by atoms with Gasteiger partial charge < -0.3 is 5.32 Å². The molecule has 4 rings (SSSR count). The highest BCUT2D eigenvalue weighted by Gasteiger charge is 2.11. The summed E-state index contributed by atoms with van der Waals surface area (Å²) in [5.41, 5.74) is 2.11. The number of nitrogens with one attached hydrogen (secondary N) is 1. The number of carbonyl (C=O) groups is 1. The van der Waals surface area contributed by atoms with E-state index >= 15 is 0 Å². The maximum absolute atomic E-state index is 12.3. The van der Waals surface area contributed by atoms with Crippen LogP contribution in [0.2, 0.25) is 0 Å². The van der Waals surface area contributed by atoms with E-state index in [1.54, 1.807) is 17.0 Å². The second-order valence-electron chi connectivity index (χ2n) is 5.31. The predicted octanol–water partition coefficient (Wildman–Crippen LogP) is 2.17. The van der Waals surface area contributed by atoms with Crippen molar-refractivity contribution in [3.8, 4) is 5.95 Å². The number of fused-ring (bicyclic) bond motifs is 1. The number of rotatable bonds is 3. The number of nitrogens with zero attached hydrogens (tertiary/aromatic N) is 6. The van der Waals surface area contributed by atoms with Crippen molar-refractivity contribution in [2.24, 2.45) is 0 Å². The van der Waals surface area contributed by atoms with Gasteiger partial charge in [0.05, 0.1) is 35.3 Å². The maximum atomic E-state index is 12.3. The lowest BCUT2D eigenvalue weighted by Gasteiger charge is -2.06. The lowest BCUT2D eigenvalue weighted by molar-refractivity contribution is 0.102. The zero-order chi connectivity index (χ0) is 17.2. The quantitative estimate of drug-likeness (QED) is 0.618.